The Hall–Kier alpha value is 0.0169. The van der Waals surface area contributed by atoms with E-state index in [1.165, 1.54) is 0 Å². The average molecular weight is 247 g/mol. The van der Waals surface area contributed by atoms with Crippen molar-refractivity contribution in [3.8, 4) is 0 Å². The summed E-state index contributed by atoms with van der Waals surface area (Å²) in [7, 11) is -2.42. The predicted molar refractivity (Wildman–Crippen MR) is 61.4 cm³/mol. The van der Waals surface area contributed by atoms with Crippen molar-refractivity contribution in [1.29, 1.82) is 0 Å². The zero-order valence-electron chi connectivity index (χ0n) is 9.94. The summed E-state index contributed by atoms with van der Waals surface area (Å²) in [6, 6.07) is 0.779. The second-order valence-electron chi connectivity index (χ2n) is 4.02. The highest BCUT2D eigenvalue weighted by molar-refractivity contribution is 6.60. The van der Waals surface area contributed by atoms with Gasteiger partial charge in [-0.25, -0.2) is 0 Å². The lowest BCUT2D eigenvalue weighted by molar-refractivity contribution is -0.0124. The van der Waals surface area contributed by atoms with Crippen LogP contribution in [0.4, 0.5) is 0 Å². The molecule has 0 aromatic rings. The van der Waals surface area contributed by atoms with Gasteiger partial charge < -0.3 is 18.0 Å². The molecule has 3 heterocycles. The molecule has 0 saturated carbocycles. The Bertz CT molecular complexity index is 190. The van der Waals surface area contributed by atoms with Gasteiger partial charge >= 0.3 is 8.80 Å². The molecule has 94 valence electrons. The SMILES string of the molecule is CCOCC[Si]12OCCN(CCO1)CCO2. The average Bonchev–Trinajstić information content (AvgIpc) is 2.19. The minimum absolute atomic E-state index is 0.673. The number of nitrogens with zero attached hydrogens (tertiary/aromatic N) is 1. The van der Waals surface area contributed by atoms with Crippen LogP contribution in [0.3, 0.4) is 0 Å². The Labute approximate surface area is 98.0 Å². The molecule has 0 aromatic heterocycles. The third-order valence-corrected chi connectivity index (χ3v) is 5.69. The number of fused-ring (bicyclic) bond motifs is 6. The molecular formula is C10H21NO4Si. The molecule has 0 spiro atoms. The van der Waals surface area contributed by atoms with Crippen molar-refractivity contribution in [2.45, 2.75) is 13.0 Å². The molecule has 0 radical (unpaired) electrons. The Morgan fingerprint density at radius 2 is 1.62 bits per heavy atom. The first-order valence-electron chi connectivity index (χ1n) is 6.07. The molecule has 0 aromatic carbocycles. The maximum absolute atomic E-state index is 5.86. The number of hydrogen-bond acceptors (Lipinski definition) is 5. The van der Waals surface area contributed by atoms with Gasteiger partial charge in [0.25, 0.3) is 0 Å². The summed E-state index contributed by atoms with van der Waals surface area (Å²) in [6.07, 6.45) is 0. The summed E-state index contributed by atoms with van der Waals surface area (Å²) in [5.41, 5.74) is 0. The van der Waals surface area contributed by atoms with E-state index in [9.17, 15) is 0 Å². The summed E-state index contributed by atoms with van der Waals surface area (Å²) in [5, 5.41) is 0. The molecule has 0 aliphatic carbocycles. The zero-order valence-corrected chi connectivity index (χ0v) is 10.9. The first-order valence-corrected chi connectivity index (χ1v) is 8.00. The van der Waals surface area contributed by atoms with Crippen LogP contribution in [0.2, 0.25) is 6.04 Å². The fourth-order valence-electron chi connectivity index (χ4n) is 2.01. The molecule has 0 amide bonds. The maximum atomic E-state index is 5.86. The maximum Gasteiger partial charge on any atom is 0.503 e. The van der Waals surface area contributed by atoms with Gasteiger partial charge in [0.1, 0.15) is 0 Å². The second kappa shape index (κ2) is 6.09. The van der Waals surface area contributed by atoms with Gasteiger partial charge in [0, 0.05) is 32.3 Å². The molecule has 3 saturated heterocycles. The van der Waals surface area contributed by atoms with E-state index in [-0.39, 0.29) is 0 Å². The molecule has 0 unspecified atom stereocenters. The topological polar surface area (TPSA) is 40.2 Å². The largest absolute Gasteiger partial charge is 0.503 e. The smallest absolute Gasteiger partial charge is 0.382 e. The highest BCUT2D eigenvalue weighted by Crippen LogP contribution is 2.20. The molecule has 6 heteroatoms. The van der Waals surface area contributed by atoms with Gasteiger partial charge in [-0.15, -0.1) is 0 Å². The van der Waals surface area contributed by atoms with E-state index in [1.54, 1.807) is 0 Å². The molecular weight excluding hydrogens is 226 g/mol. The van der Waals surface area contributed by atoms with Crippen LogP contribution in [-0.4, -0.2) is 66.4 Å². The van der Waals surface area contributed by atoms with E-state index >= 15 is 0 Å². The lowest BCUT2D eigenvalue weighted by atomic mass is 10.4. The summed E-state index contributed by atoms with van der Waals surface area (Å²) < 4.78 is 23.0. The Kier molecular flexibility index (Phi) is 4.74. The van der Waals surface area contributed by atoms with Gasteiger partial charge in [0.2, 0.25) is 0 Å². The molecule has 5 nitrogen and oxygen atoms in total. The van der Waals surface area contributed by atoms with Crippen molar-refractivity contribution < 1.29 is 18.0 Å². The van der Waals surface area contributed by atoms with Gasteiger partial charge in [-0.2, -0.15) is 0 Å². The van der Waals surface area contributed by atoms with Crippen LogP contribution in [0, 0.1) is 0 Å². The fourth-order valence-corrected chi connectivity index (χ4v) is 4.29. The molecule has 3 fully saturated rings. The number of hydrogen-bond donors (Lipinski definition) is 0. The molecule has 0 atom stereocenters. The van der Waals surface area contributed by atoms with Gasteiger partial charge in [0.15, 0.2) is 0 Å². The summed E-state index contributed by atoms with van der Waals surface area (Å²) in [5.74, 6) is 0. The standard InChI is InChI=1S/C10H21NO4Si/c1-2-12-9-10-16-13-6-3-11(4-7-14-16)5-8-15-16/h2-10H2,1H3. The van der Waals surface area contributed by atoms with Crippen molar-refractivity contribution in [3.63, 3.8) is 0 Å². The van der Waals surface area contributed by atoms with Crippen LogP contribution in [0.1, 0.15) is 6.92 Å². The fraction of sp³-hybridized carbons (Fsp3) is 1.00. The van der Waals surface area contributed by atoms with Gasteiger partial charge in [-0.05, 0) is 6.92 Å². The molecule has 3 aliphatic heterocycles. The first-order chi connectivity index (χ1) is 7.85. The molecule has 0 N–H and O–H groups in total. The third-order valence-electron chi connectivity index (χ3n) is 2.95. The second-order valence-corrected chi connectivity index (χ2v) is 6.75. The van der Waals surface area contributed by atoms with Gasteiger partial charge in [-0.3, -0.25) is 4.90 Å². The summed E-state index contributed by atoms with van der Waals surface area (Å²) >= 11 is 0. The normalized spacial score (nSPS) is 35.4. The van der Waals surface area contributed by atoms with E-state index in [0.717, 1.165) is 52.1 Å². The highest BCUT2D eigenvalue weighted by Gasteiger charge is 2.43. The Balaban J connectivity index is 1.92. The van der Waals surface area contributed by atoms with Gasteiger partial charge in [-0.1, -0.05) is 0 Å². The van der Waals surface area contributed by atoms with Crippen molar-refractivity contribution in [2.24, 2.45) is 0 Å². The molecule has 3 rings (SSSR count). The number of ether oxygens (including phenoxy) is 1. The Morgan fingerprint density at radius 3 is 2.12 bits per heavy atom. The minimum Gasteiger partial charge on any atom is -0.382 e. The van der Waals surface area contributed by atoms with E-state index in [4.69, 9.17) is 18.0 Å². The van der Waals surface area contributed by atoms with Gasteiger partial charge in [0.05, 0.1) is 26.4 Å². The number of rotatable bonds is 4. The van der Waals surface area contributed by atoms with E-state index < -0.39 is 8.80 Å². The quantitative estimate of drug-likeness (QED) is 0.529. The van der Waals surface area contributed by atoms with Crippen molar-refractivity contribution in [3.05, 3.63) is 0 Å². The molecule has 16 heavy (non-hydrogen) atoms. The first kappa shape index (κ1) is 12.5. The van der Waals surface area contributed by atoms with Crippen LogP contribution in [0.15, 0.2) is 0 Å². The van der Waals surface area contributed by atoms with Crippen LogP contribution in [-0.2, 0) is 18.0 Å². The van der Waals surface area contributed by atoms with Crippen molar-refractivity contribution >= 4 is 8.80 Å². The van der Waals surface area contributed by atoms with Crippen LogP contribution >= 0.6 is 0 Å². The van der Waals surface area contributed by atoms with Crippen LogP contribution in [0.25, 0.3) is 0 Å². The monoisotopic (exact) mass is 247 g/mol. The summed E-state index contributed by atoms with van der Waals surface area (Å²) in [6.45, 7) is 8.55. The third kappa shape index (κ3) is 3.25. The van der Waals surface area contributed by atoms with Crippen molar-refractivity contribution in [1.82, 2.24) is 4.90 Å². The summed E-state index contributed by atoms with van der Waals surface area (Å²) in [4.78, 5) is 2.32. The predicted octanol–water partition coefficient (Wildman–Crippen LogP) is 0.341. The zero-order chi connectivity index (χ0) is 11.3. The molecule has 3 aliphatic rings. The Morgan fingerprint density at radius 1 is 1.06 bits per heavy atom. The molecule has 2 bridgehead atoms. The lowest BCUT2D eigenvalue weighted by Gasteiger charge is -2.38. The highest BCUT2D eigenvalue weighted by atomic mass is 28.4. The lowest BCUT2D eigenvalue weighted by Crippen LogP contribution is -2.55. The van der Waals surface area contributed by atoms with Crippen LogP contribution < -0.4 is 0 Å². The minimum atomic E-state index is -2.42. The van der Waals surface area contributed by atoms with E-state index in [0.29, 0.717) is 6.61 Å². The van der Waals surface area contributed by atoms with E-state index in [2.05, 4.69) is 4.90 Å². The van der Waals surface area contributed by atoms with Crippen LogP contribution in [0.5, 0.6) is 0 Å². The van der Waals surface area contributed by atoms with Crippen molar-refractivity contribution in [2.75, 3.05) is 52.7 Å². The van der Waals surface area contributed by atoms with E-state index in [1.807, 2.05) is 6.92 Å².